The maximum atomic E-state index is 13.0. The SMILES string of the molecule is Cc1ccc(C(CNC(=O)c2oc3ccccc3c2CN(C)C)N(C)C)cc1. The van der Waals surface area contributed by atoms with E-state index in [-0.39, 0.29) is 11.9 Å². The van der Waals surface area contributed by atoms with Crippen LogP contribution in [0, 0.1) is 6.92 Å². The van der Waals surface area contributed by atoms with Gasteiger partial charge in [-0.05, 0) is 46.7 Å². The number of aryl methyl sites for hydroxylation is 1. The number of carbonyl (C=O) groups is 1. The predicted molar refractivity (Wildman–Crippen MR) is 114 cm³/mol. The van der Waals surface area contributed by atoms with Gasteiger partial charge in [-0.25, -0.2) is 0 Å². The van der Waals surface area contributed by atoms with Gasteiger partial charge in [0, 0.05) is 24.0 Å². The first-order chi connectivity index (χ1) is 13.4. The minimum absolute atomic E-state index is 0.0891. The molecule has 2 aromatic carbocycles. The Morgan fingerprint density at radius 3 is 2.36 bits per heavy atom. The van der Waals surface area contributed by atoms with Crippen LogP contribution < -0.4 is 5.32 Å². The quantitative estimate of drug-likeness (QED) is 0.678. The fraction of sp³-hybridized carbons (Fsp3) is 0.348. The highest BCUT2D eigenvalue weighted by Gasteiger charge is 2.22. The number of fused-ring (bicyclic) bond motifs is 1. The monoisotopic (exact) mass is 379 g/mol. The van der Waals surface area contributed by atoms with Gasteiger partial charge in [-0.1, -0.05) is 48.0 Å². The van der Waals surface area contributed by atoms with E-state index in [1.807, 2.05) is 57.4 Å². The standard InChI is InChI=1S/C23H29N3O2/c1-16-10-12-17(13-11-16)20(26(4)5)14-24-23(27)22-19(15-25(2)3)18-8-6-7-9-21(18)28-22/h6-13,20H,14-15H2,1-5H3,(H,24,27). The van der Waals surface area contributed by atoms with Crippen molar-refractivity contribution in [3.05, 3.63) is 71.0 Å². The van der Waals surface area contributed by atoms with E-state index in [1.165, 1.54) is 11.1 Å². The number of para-hydroxylation sites is 1. The number of nitrogens with zero attached hydrogens (tertiary/aromatic N) is 2. The fourth-order valence-corrected chi connectivity index (χ4v) is 3.41. The lowest BCUT2D eigenvalue weighted by Crippen LogP contribution is -2.35. The highest BCUT2D eigenvalue weighted by Crippen LogP contribution is 2.27. The zero-order valence-electron chi connectivity index (χ0n) is 17.3. The molecule has 0 radical (unpaired) electrons. The van der Waals surface area contributed by atoms with Crippen molar-refractivity contribution in [1.29, 1.82) is 0 Å². The Morgan fingerprint density at radius 1 is 1.04 bits per heavy atom. The first-order valence-corrected chi connectivity index (χ1v) is 9.53. The van der Waals surface area contributed by atoms with Crippen LogP contribution in [0.5, 0.6) is 0 Å². The van der Waals surface area contributed by atoms with E-state index in [4.69, 9.17) is 4.42 Å². The van der Waals surface area contributed by atoms with E-state index in [0.29, 0.717) is 18.8 Å². The number of benzene rings is 2. The number of carbonyl (C=O) groups excluding carboxylic acids is 1. The maximum absolute atomic E-state index is 13.0. The number of hydrogen-bond donors (Lipinski definition) is 1. The molecule has 0 aliphatic rings. The van der Waals surface area contributed by atoms with Crippen molar-refractivity contribution in [3.63, 3.8) is 0 Å². The molecule has 3 aromatic rings. The third kappa shape index (κ3) is 4.43. The summed E-state index contributed by atoms with van der Waals surface area (Å²) in [6, 6.07) is 16.3. The Kier molecular flexibility index (Phi) is 6.17. The fourth-order valence-electron chi connectivity index (χ4n) is 3.41. The summed E-state index contributed by atoms with van der Waals surface area (Å²) in [5.74, 6) is 0.225. The summed E-state index contributed by atoms with van der Waals surface area (Å²) in [6.07, 6.45) is 0. The number of amides is 1. The van der Waals surface area contributed by atoms with Gasteiger partial charge in [0.05, 0.1) is 6.04 Å². The van der Waals surface area contributed by atoms with Crippen molar-refractivity contribution >= 4 is 16.9 Å². The molecule has 28 heavy (non-hydrogen) atoms. The van der Waals surface area contributed by atoms with Gasteiger partial charge in [0.1, 0.15) is 5.58 Å². The second kappa shape index (κ2) is 8.59. The Bertz CT molecular complexity index is 942. The van der Waals surface area contributed by atoms with Crippen molar-refractivity contribution < 1.29 is 9.21 Å². The molecule has 1 amide bonds. The number of hydrogen-bond acceptors (Lipinski definition) is 4. The Morgan fingerprint density at radius 2 is 1.71 bits per heavy atom. The van der Waals surface area contributed by atoms with Gasteiger partial charge in [0.2, 0.25) is 0 Å². The lowest BCUT2D eigenvalue weighted by Gasteiger charge is -2.25. The summed E-state index contributed by atoms with van der Waals surface area (Å²) in [5.41, 5.74) is 4.07. The highest BCUT2D eigenvalue weighted by molar-refractivity contribution is 5.99. The molecule has 1 unspecified atom stereocenters. The summed E-state index contributed by atoms with van der Waals surface area (Å²) in [7, 11) is 8.02. The molecule has 1 atom stereocenters. The van der Waals surface area contributed by atoms with Crippen LogP contribution in [0.4, 0.5) is 0 Å². The Balaban J connectivity index is 1.83. The van der Waals surface area contributed by atoms with E-state index in [1.54, 1.807) is 0 Å². The minimum Gasteiger partial charge on any atom is -0.451 e. The van der Waals surface area contributed by atoms with E-state index in [0.717, 1.165) is 16.5 Å². The molecule has 1 aromatic heterocycles. The molecule has 0 saturated carbocycles. The second-order valence-corrected chi connectivity index (χ2v) is 7.74. The van der Waals surface area contributed by atoms with Crippen LogP contribution in [0.25, 0.3) is 11.0 Å². The molecule has 1 N–H and O–H groups in total. The van der Waals surface area contributed by atoms with Crippen molar-refractivity contribution in [2.75, 3.05) is 34.7 Å². The lowest BCUT2D eigenvalue weighted by atomic mass is 10.0. The van der Waals surface area contributed by atoms with Crippen molar-refractivity contribution in [2.45, 2.75) is 19.5 Å². The molecule has 5 nitrogen and oxygen atoms in total. The highest BCUT2D eigenvalue weighted by atomic mass is 16.3. The van der Waals surface area contributed by atoms with E-state index in [9.17, 15) is 4.79 Å². The summed E-state index contributed by atoms with van der Waals surface area (Å²) in [6.45, 7) is 3.23. The number of nitrogens with one attached hydrogen (secondary N) is 1. The third-order valence-electron chi connectivity index (χ3n) is 4.92. The topological polar surface area (TPSA) is 48.7 Å². The molecule has 148 valence electrons. The first-order valence-electron chi connectivity index (χ1n) is 9.53. The third-order valence-corrected chi connectivity index (χ3v) is 4.92. The largest absolute Gasteiger partial charge is 0.451 e. The van der Waals surface area contributed by atoms with Crippen LogP contribution in [0.2, 0.25) is 0 Å². The van der Waals surface area contributed by atoms with Gasteiger partial charge in [0.25, 0.3) is 5.91 Å². The van der Waals surface area contributed by atoms with E-state index in [2.05, 4.69) is 41.4 Å². The average Bonchev–Trinajstić information content (AvgIpc) is 3.01. The van der Waals surface area contributed by atoms with Crippen LogP contribution in [-0.4, -0.2) is 50.4 Å². The summed E-state index contributed by atoms with van der Waals surface area (Å²) < 4.78 is 5.92. The lowest BCUT2D eigenvalue weighted by molar-refractivity contribution is 0.0914. The van der Waals surface area contributed by atoms with Crippen molar-refractivity contribution in [2.24, 2.45) is 0 Å². The van der Waals surface area contributed by atoms with Crippen LogP contribution >= 0.6 is 0 Å². The first kappa shape index (κ1) is 20.1. The number of rotatable bonds is 7. The molecule has 1 heterocycles. The molecular formula is C23H29N3O2. The van der Waals surface area contributed by atoms with Crippen LogP contribution in [-0.2, 0) is 6.54 Å². The van der Waals surface area contributed by atoms with Crippen molar-refractivity contribution in [1.82, 2.24) is 15.1 Å². The maximum Gasteiger partial charge on any atom is 0.287 e. The smallest absolute Gasteiger partial charge is 0.287 e. The average molecular weight is 380 g/mol. The predicted octanol–water partition coefficient (Wildman–Crippen LogP) is 3.84. The Labute approximate surface area is 166 Å². The molecule has 0 fully saturated rings. The van der Waals surface area contributed by atoms with Gasteiger partial charge in [-0.2, -0.15) is 0 Å². The normalized spacial score (nSPS) is 12.7. The van der Waals surface area contributed by atoms with Crippen LogP contribution in [0.1, 0.15) is 33.3 Å². The molecule has 5 heteroatoms. The molecule has 0 aliphatic carbocycles. The molecule has 0 aliphatic heterocycles. The van der Waals surface area contributed by atoms with E-state index < -0.39 is 0 Å². The summed E-state index contributed by atoms with van der Waals surface area (Å²) in [4.78, 5) is 17.1. The molecular weight excluding hydrogens is 350 g/mol. The Hall–Kier alpha value is -2.63. The number of furan rings is 1. The molecule has 0 spiro atoms. The summed E-state index contributed by atoms with van der Waals surface area (Å²) in [5, 5.41) is 4.07. The molecule has 0 bridgehead atoms. The molecule has 0 saturated heterocycles. The summed E-state index contributed by atoms with van der Waals surface area (Å²) >= 11 is 0. The van der Waals surface area contributed by atoms with Crippen LogP contribution in [0.3, 0.4) is 0 Å². The van der Waals surface area contributed by atoms with Gasteiger partial charge in [0.15, 0.2) is 5.76 Å². The van der Waals surface area contributed by atoms with Crippen molar-refractivity contribution in [3.8, 4) is 0 Å². The minimum atomic E-state index is -0.174. The van der Waals surface area contributed by atoms with Gasteiger partial charge >= 0.3 is 0 Å². The van der Waals surface area contributed by atoms with Gasteiger partial charge < -0.3 is 19.5 Å². The zero-order valence-corrected chi connectivity index (χ0v) is 17.3. The van der Waals surface area contributed by atoms with Gasteiger partial charge in [-0.3, -0.25) is 4.79 Å². The van der Waals surface area contributed by atoms with E-state index >= 15 is 0 Å². The van der Waals surface area contributed by atoms with Gasteiger partial charge in [-0.15, -0.1) is 0 Å². The number of likely N-dealkylation sites (N-methyl/N-ethyl adjacent to an activating group) is 1. The van der Waals surface area contributed by atoms with Crippen LogP contribution in [0.15, 0.2) is 52.9 Å². The second-order valence-electron chi connectivity index (χ2n) is 7.74. The zero-order chi connectivity index (χ0) is 20.3. The molecule has 3 rings (SSSR count).